The molecule has 0 spiro atoms. The third-order valence-electron chi connectivity index (χ3n) is 3.64. The van der Waals surface area contributed by atoms with Gasteiger partial charge in [-0.05, 0) is 28.1 Å². The third-order valence-corrected chi connectivity index (χ3v) is 4.57. The first-order valence-electron chi connectivity index (χ1n) is 7.69. The lowest BCUT2D eigenvalue weighted by atomic mass is 10.1. The van der Waals surface area contributed by atoms with E-state index in [1.54, 1.807) is 6.92 Å². The third kappa shape index (κ3) is 4.01. The van der Waals surface area contributed by atoms with Crippen molar-refractivity contribution >= 4 is 47.8 Å². The zero-order valence-corrected chi connectivity index (χ0v) is 16.7. The standard InChI is InChI=1S/C16H13BrF2N5O2P/c1-7(27)14-12-9(2-3-10(17)13(12)19)15(26)24(23-14)6-11(25)22-16-20-4-8(18)5-21-16/h2-5,7H,6,27H2,1H3,(H,20,21,22,25). The number of hydrogen-bond donors (Lipinski definition) is 1. The van der Waals surface area contributed by atoms with Crippen LogP contribution in [0.4, 0.5) is 14.7 Å². The molecule has 11 heteroatoms. The van der Waals surface area contributed by atoms with Gasteiger partial charge in [0.1, 0.15) is 12.4 Å². The summed E-state index contributed by atoms with van der Waals surface area (Å²) >= 11 is 3.10. The van der Waals surface area contributed by atoms with Gasteiger partial charge >= 0.3 is 0 Å². The number of rotatable bonds is 4. The highest BCUT2D eigenvalue weighted by atomic mass is 79.9. The molecule has 0 fully saturated rings. The quantitative estimate of drug-likeness (QED) is 0.611. The molecule has 1 N–H and O–H groups in total. The van der Waals surface area contributed by atoms with Crippen molar-refractivity contribution in [2.24, 2.45) is 0 Å². The number of benzene rings is 1. The van der Waals surface area contributed by atoms with E-state index in [1.165, 1.54) is 12.1 Å². The Hall–Kier alpha value is -2.32. The lowest BCUT2D eigenvalue weighted by Crippen LogP contribution is -2.31. The first kappa shape index (κ1) is 19.4. The van der Waals surface area contributed by atoms with Gasteiger partial charge in [0.05, 0.1) is 27.9 Å². The Labute approximate surface area is 162 Å². The molecule has 2 aromatic heterocycles. The van der Waals surface area contributed by atoms with Gasteiger partial charge in [-0.25, -0.2) is 23.4 Å². The first-order chi connectivity index (χ1) is 12.8. The Morgan fingerprint density at radius 2 is 2.00 bits per heavy atom. The molecule has 2 unspecified atom stereocenters. The molecule has 0 bridgehead atoms. The van der Waals surface area contributed by atoms with Crippen LogP contribution >= 0.6 is 25.2 Å². The molecule has 0 radical (unpaired) electrons. The zero-order valence-electron chi connectivity index (χ0n) is 13.9. The molecule has 1 aromatic carbocycles. The molecule has 0 aliphatic rings. The summed E-state index contributed by atoms with van der Waals surface area (Å²) in [7, 11) is 2.49. The van der Waals surface area contributed by atoms with Crippen LogP contribution in [0.15, 0.2) is 33.8 Å². The van der Waals surface area contributed by atoms with Gasteiger partial charge in [-0.1, -0.05) is 6.92 Å². The SMILES string of the molecule is CC(P)c1nn(CC(=O)Nc2ncc(F)cn2)c(=O)c2ccc(Br)c(F)c12. The number of carbonyl (C=O) groups excluding carboxylic acids is 1. The van der Waals surface area contributed by atoms with E-state index in [4.69, 9.17) is 0 Å². The van der Waals surface area contributed by atoms with Crippen molar-refractivity contribution < 1.29 is 13.6 Å². The number of anilines is 1. The van der Waals surface area contributed by atoms with Crippen LogP contribution in [0.2, 0.25) is 0 Å². The summed E-state index contributed by atoms with van der Waals surface area (Å²) in [6.45, 7) is 1.34. The lowest BCUT2D eigenvalue weighted by Gasteiger charge is -2.14. The monoisotopic (exact) mass is 455 g/mol. The molecule has 140 valence electrons. The van der Waals surface area contributed by atoms with Gasteiger partial charge in [-0.2, -0.15) is 5.10 Å². The van der Waals surface area contributed by atoms with Crippen LogP contribution in [0.3, 0.4) is 0 Å². The van der Waals surface area contributed by atoms with Crippen molar-refractivity contribution in [3.05, 3.63) is 56.7 Å². The number of hydrogen-bond acceptors (Lipinski definition) is 5. The van der Waals surface area contributed by atoms with E-state index in [2.05, 4.69) is 45.6 Å². The van der Waals surface area contributed by atoms with Crippen LogP contribution in [0.5, 0.6) is 0 Å². The van der Waals surface area contributed by atoms with Gasteiger partial charge in [0.25, 0.3) is 5.56 Å². The van der Waals surface area contributed by atoms with E-state index in [0.717, 1.165) is 17.1 Å². The van der Waals surface area contributed by atoms with Crippen molar-refractivity contribution in [2.45, 2.75) is 19.1 Å². The van der Waals surface area contributed by atoms with E-state index in [9.17, 15) is 18.4 Å². The van der Waals surface area contributed by atoms with Gasteiger partial charge in [0.2, 0.25) is 11.9 Å². The Bertz CT molecular complexity index is 1090. The van der Waals surface area contributed by atoms with Crippen LogP contribution in [0.1, 0.15) is 18.3 Å². The predicted molar refractivity (Wildman–Crippen MR) is 102 cm³/mol. The summed E-state index contributed by atoms with van der Waals surface area (Å²) in [6, 6.07) is 2.90. The summed E-state index contributed by atoms with van der Waals surface area (Å²) in [5, 5.41) is 6.72. The highest BCUT2D eigenvalue weighted by Crippen LogP contribution is 2.31. The maximum atomic E-state index is 14.5. The number of aromatic nitrogens is 4. The molecule has 1 amide bonds. The molecule has 2 atom stereocenters. The molecular formula is C16H13BrF2N5O2P. The Morgan fingerprint density at radius 1 is 1.33 bits per heavy atom. The summed E-state index contributed by atoms with van der Waals surface area (Å²) in [6.07, 6.45) is 1.80. The van der Waals surface area contributed by atoms with Gasteiger partial charge in [0, 0.05) is 11.0 Å². The second kappa shape index (κ2) is 7.74. The minimum atomic E-state index is -0.646. The minimum Gasteiger partial charge on any atom is -0.293 e. The molecule has 0 saturated carbocycles. The normalized spacial score (nSPS) is 12.2. The van der Waals surface area contributed by atoms with E-state index < -0.39 is 29.6 Å². The van der Waals surface area contributed by atoms with Gasteiger partial charge < -0.3 is 0 Å². The number of fused-ring (bicyclic) bond motifs is 1. The molecule has 0 saturated heterocycles. The van der Waals surface area contributed by atoms with Crippen molar-refractivity contribution in [1.29, 1.82) is 0 Å². The molecule has 7 nitrogen and oxygen atoms in total. The number of halogens is 3. The largest absolute Gasteiger partial charge is 0.293 e. The number of amides is 1. The van der Waals surface area contributed by atoms with Crippen LogP contribution < -0.4 is 10.9 Å². The Balaban J connectivity index is 2.00. The summed E-state index contributed by atoms with van der Waals surface area (Å²) in [5.41, 5.74) is -0.563. The molecule has 27 heavy (non-hydrogen) atoms. The second-order valence-corrected chi connectivity index (χ2v) is 7.55. The average molecular weight is 456 g/mol. The van der Waals surface area contributed by atoms with Crippen molar-refractivity contribution in [3.63, 3.8) is 0 Å². The molecular weight excluding hydrogens is 443 g/mol. The van der Waals surface area contributed by atoms with Crippen molar-refractivity contribution in [1.82, 2.24) is 19.7 Å². The molecule has 3 aromatic rings. The van der Waals surface area contributed by atoms with Crippen LogP contribution in [-0.4, -0.2) is 25.7 Å². The maximum absolute atomic E-state index is 14.5. The van der Waals surface area contributed by atoms with Gasteiger partial charge in [-0.15, -0.1) is 9.24 Å². The van der Waals surface area contributed by atoms with E-state index >= 15 is 0 Å². The fourth-order valence-corrected chi connectivity index (χ4v) is 3.01. The Morgan fingerprint density at radius 3 is 2.63 bits per heavy atom. The number of nitrogens with one attached hydrogen (secondary N) is 1. The van der Waals surface area contributed by atoms with Crippen molar-refractivity contribution in [3.8, 4) is 0 Å². The second-order valence-electron chi connectivity index (χ2n) is 5.69. The average Bonchev–Trinajstić information content (AvgIpc) is 2.62. The highest BCUT2D eigenvalue weighted by molar-refractivity contribution is 9.10. The van der Waals surface area contributed by atoms with Crippen LogP contribution in [0, 0.1) is 11.6 Å². The van der Waals surface area contributed by atoms with Crippen LogP contribution in [-0.2, 0) is 11.3 Å². The number of nitrogens with zero attached hydrogens (tertiary/aromatic N) is 4. The Kier molecular flexibility index (Phi) is 5.57. The predicted octanol–water partition coefficient (Wildman–Crippen LogP) is 2.80. The molecule has 3 rings (SSSR count). The fourth-order valence-electron chi connectivity index (χ4n) is 2.45. The number of carbonyl (C=O) groups is 1. The van der Waals surface area contributed by atoms with Crippen molar-refractivity contribution in [2.75, 3.05) is 5.32 Å². The van der Waals surface area contributed by atoms with Gasteiger partial charge in [-0.3, -0.25) is 14.9 Å². The zero-order chi connectivity index (χ0) is 19.7. The topological polar surface area (TPSA) is 89.8 Å². The van der Waals surface area contributed by atoms with E-state index in [1.807, 2.05) is 0 Å². The molecule has 0 aliphatic heterocycles. The molecule has 0 aliphatic carbocycles. The minimum absolute atomic E-state index is 0.107. The lowest BCUT2D eigenvalue weighted by molar-refractivity contribution is -0.117. The summed E-state index contributed by atoms with van der Waals surface area (Å²) in [5.74, 6) is -1.97. The molecule has 2 heterocycles. The fraction of sp³-hybridized carbons (Fsp3) is 0.188. The summed E-state index contributed by atoms with van der Waals surface area (Å²) < 4.78 is 28.5. The summed E-state index contributed by atoms with van der Waals surface area (Å²) in [4.78, 5) is 32.1. The van der Waals surface area contributed by atoms with E-state index in [0.29, 0.717) is 5.69 Å². The van der Waals surface area contributed by atoms with Crippen LogP contribution in [0.25, 0.3) is 10.8 Å². The van der Waals surface area contributed by atoms with E-state index in [-0.39, 0.29) is 26.9 Å². The highest BCUT2D eigenvalue weighted by Gasteiger charge is 2.19. The maximum Gasteiger partial charge on any atom is 0.275 e. The smallest absolute Gasteiger partial charge is 0.275 e. The van der Waals surface area contributed by atoms with Gasteiger partial charge in [0.15, 0.2) is 5.82 Å². The first-order valence-corrected chi connectivity index (χ1v) is 9.15.